The van der Waals surface area contributed by atoms with Gasteiger partial charge < -0.3 is 5.32 Å². The summed E-state index contributed by atoms with van der Waals surface area (Å²) in [4.78, 5) is 12.9. The lowest BCUT2D eigenvalue weighted by molar-refractivity contribution is 0.0940. The van der Waals surface area contributed by atoms with Gasteiger partial charge in [0.1, 0.15) is 0 Å². The Morgan fingerprint density at radius 3 is 2.62 bits per heavy atom. The molecule has 0 aliphatic rings. The van der Waals surface area contributed by atoms with Gasteiger partial charge in [0.25, 0.3) is 5.91 Å². The maximum absolute atomic E-state index is 12.9. The van der Waals surface area contributed by atoms with E-state index in [0.29, 0.717) is 40.7 Å². The van der Waals surface area contributed by atoms with Gasteiger partial charge in [0.2, 0.25) is 0 Å². The zero-order chi connectivity index (χ0) is 21.0. The molecular weight excluding hydrogens is 405 g/mol. The van der Waals surface area contributed by atoms with E-state index in [0.717, 1.165) is 29.3 Å². The number of carbonyl (C=O) groups excluding carboxylic acids is 1. The number of benzene rings is 2. The average molecular weight is 432 g/mol. The van der Waals surface area contributed by atoms with Crippen molar-refractivity contribution in [3.05, 3.63) is 63.8 Å². The highest BCUT2D eigenvalue weighted by Gasteiger charge is 2.19. The van der Waals surface area contributed by atoms with Crippen LogP contribution in [0, 0.1) is 11.8 Å². The highest BCUT2D eigenvalue weighted by molar-refractivity contribution is 6.35. The molecule has 0 saturated carbocycles. The smallest absolute Gasteiger partial charge is 0.272 e. The molecule has 0 saturated heterocycles. The van der Waals surface area contributed by atoms with Crippen molar-refractivity contribution in [2.45, 2.75) is 40.2 Å². The van der Waals surface area contributed by atoms with E-state index in [9.17, 15) is 4.79 Å². The molecule has 0 spiro atoms. The van der Waals surface area contributed by atoms with Crippen LogP contribution in [-0.4, -0.2) is 22.2 Å². The van der Waals surface area contributed by atoms with E-state index in [2.05, 4.69) is 31.2 Å². The molecule has 3 rings (SSSR count). The van der Waals surface area contributed by atoms with E-state index < -0.39 is 0 Å². The number of hydrogen-bond donors (Lipinski definition) is 1. The van der Waals surface area contributed by atoms with Gasteiger partial charge in [0.05, 0.1) is 12.1 Å². The van der Waals surface area contributed by atoms with E-state index in [1.54, 1.807) is 6.07 Å². The fourth-order valence-electron chi connectivity index (χ4n) is 3.61. The van der Waals surface area contributed by atoms with Gasteiger partial charge in [-0.1, -0.05) is 74.7 Å². The number of aromatic nitrogens is 2. The zero-order valence-corrected chi connectivity index (χ0v) is 18.6. The van der Waals surface area contributed by atoms with Crippen LogP contribution in [0.1, 0.15) is 49.7 Å². The van der Waals surface area contributed by atoms with Gasteiger partial charge in [-0.25, -0.2) is 0 Å². The third kappa shape index (κ3) is 5.31. The third-order valence-corrected chi connectivity index (χ3v) is 5.73. The first kappa shape index (κ1) is 21.7. The standard InChI is InChI=1S/C23H27Cl2N3O/c1-4-16(11-15(2)3)13-26-23(29)22-19-7-5-6-8-21(19)28(27-22)14-17-9-10-18(24)12-20(17)25/h5-10,12,15-16H,4,11,13-14H2,1-3H3,(H,26,29). The van der Waals surface area contributed by atoms with Gasteiger partial charge in [0.15, 0.2) is 5.69 Å². The van der Waals surface area contributed by atoms with Crippen molar-refractivity contribution >= 4 is 40.0 Å². The molecule has 1 atom stereocenters. The molecule has 0 aliphatic heterocycles. The third-order valence-electron chi connectivity index (χ3n) is 5.14. The molecule has 4 nitrogen and oxygen atoms in total. The minimum Gasteiger partial charge on any atom is -0.350 e. The molecule has 3 aromatic rings. The van der Waals surface area contributed by atoms with E-state index in [-0.39, 0.29) is 5.91 Å². The Labute approximate surface area is 182 Å². The van der Waals surface area contributed by atoms with Crippen LogP contribution in [0.5, 0.6) is 0 Å². The second kappa shape index (κ2) is 9.64. The van der Waals surface area contributed by atoms with Crippen LogP contribution in [0.2, 0.25) is 10.0 Å². The largest absolute Gasteiger partial charge is 0.350 e. The maximum atomic E-state index is 12.9. The summed E-state index contributed by atoms with van der Waals surface area (Å²) >= 11 is 12.3. The number of carbonyl (C=O) groups is 1. The first-order valence-electron chi connectivity index (χ1n) is 10.1. The molecule has 29 heavy (non-hydrogen) atoms. The summed E-state index contributed by atoms with van der Waals surface area (Å²) in [5.74, 6) is 0.950. The molecule has 0 aliphatic carbocycles. The van der Waals surface area contributed by atoms with Gasteiger partial charge in [0, 0.05) is 22.0 Å². The molecule has 6 heteroatoms. The first-order chi connectivity index (χ1) is 13.9. The molecule has 1 amide bonds. The highest BCUT2D eigenvalue weighted by Crippen LogP contribution is 2.25. The summed E-state index contributed by atoms with van der Waals surface area (Å²) in [7, 11) is 0. The van der Waals surface area contributed by atoms with Crippen molar-refractivity contribution in [2.24, 2.45) is 11.8 Å². The number of rotatable bonds is 8. The van der Waals surface area contributed by atoms with Crippen LogP contribution in [0.25, 0.3) is 10.9 Å². The Kier molecular flexibility index (Phi) is 7.20. The number of amides is 1. The van der Waals surface area contributed by atoms with Crippen LogP contribution >= 0.6 is 23.2 Å². The molecular formula is C23H27Cl2N3O. The lowest BCUT2D eigenvalue weighted by atomic mass is 9.95. The quantitative estimate of drug-likeness (QED) is 0.461. The van der Waals surface area contributed by atoms with E-state index >= 15 is 0 Å². The fraction of sp³-hybridized carbons (Fsp3) is 0.391. The van der Waals surface area contributed by atoms with E-state index in [1.807, 2.05) is 41.1 Å². The summed E-state index contributed by atoms with van der Waals surface area (Å²) in [5.41, 5.74) is 2.25. The van der Waals surface area contributed by atoms with Crippen molar-refractivity contribution in [1.82, 2.24) is 15.1 Å². The summed E-state index contributed by atoms with van der Waals surface area (Å²) < 4.78 is 1.82. The number of nitrogens with one attached hydrogen (secondary N) is 1. The molecule has 0 bridgehead atoms. The summed E-state index contributed by atoms with van der Waals surface area (Å²) in [6, 6.07) is 13.2. The summed E-state index contributed by atoms with van der Waals surface area (Å²) in [5, 5.41) is 9.73. The Bertz CT molecular complexity index is 997. The van der Waals surface area contributed by atoms with E-state index in [1.165, 1.54) is 0 Å². The van der Waals surface area contributed by atoms with Crippen molar-refractivity contribution < 1.29 is 4.79 Å². The van der Waals surface area contributed by atoms with Gasteiger partial charge >= 0.3 is 0 Å². The van der Waals surface area contributed by atoms with Crippen molar-refractivity contribution in [3.8, 4) is 0 Å². The zero-order valence-electron chi connectivity index (χ0n) is 17.1. The molecule has 0 radical (unpaired) electrons. The topological polar surface area (TPSA) is 46.9 Å². The van der Waals surface area contributed by atoms with Crippen LogP contribution in [0.4, 0.5) is 0 Å². The number of nitrogens with zero attached hydrogens (tertiary/aromatic N) is 2. The molecule has 1 N–H and O–H groups in total. The number of hydrogen-bond acceptors (Lipinski definition) is 2. The van der Waals surface area contributed by atoms with Gasteiger partial charge in [-0.05, 0) is 42.0 Å². The number of halogens is 2. The predicted octanol–water partition coefficient (Wildman–Crippen LogP) is 6.19. The fourth-order valence-corrected chi connectivity index (χ4v) is 4.08. The lowest BCUT2D eigenvalue weighted by Gasteiger charge is -2.17. The molecule has 154 valence electrons. The molecule has 1 heterocycles. The molecule has 1 unspecified atom stereocenters. The number of fused-ring (bicyclic) bond motifs is 1. The maximum Gasteiger partial charge on any atom is 0.272 e. The van der Waals surface area contributed by atoms with E-state index in [4.69, 9.17) is 23.2 Å². The SMILES string of the molecule is CCC(CNC(=O)c1nn(Cc2ccc(Cl)cc2Cl)c2ccccc12)CC(C)C. The number of para-hydroxylation sites is 1. The van der Waals surface area contributed by atoms with Crippen LogP contribution in [0.15, 0.2) is 42.5 Å². The second-order valence-corrected chi connectivity index (χ2v) is 8.72. The summed E-state index contributed by atoms with van der Waals surface area (Å²) in [6.45, 7) is 7.72. The van der Waals surface area contributed by atoms with Crippen LogP contribution in [-0.2, 0) is 6.54 Å². The lowest BCUT2D eigenvalue weighted by Crippen LogP contribution is -2.30. The Morgan fingerprint density at radius 1 is 1.17 bits per heavy atom. The monoisotopic (exact) mass is 431 g/mol. The minimum absolute atomic E-state index is 0.135. The Morgan fingerprint density at radius 2 is 1.93 bits per heavy atom. The first-order valence-corrected chi connectivity index (χ1v) is 10.8. The Balaban J connectivity index is 1.84. The molecule has 1 aromatic heterocycles. The van der Waals surface area contributed by atoms with Crippen molar-refractivity contribution in [3.63, 3.8) is 0 Å². The van der Waals surface area contributed by atoms with Gasteiger partial charge in [-0.2, -0.15) is 5.10 Å². The van der Waals surface area contributed by atoms with Crippen molar-refractivity contribution in [1.29, 1.82) is 0 Å². The van der Waals surface area contributed by atoms with Crippen LogP contribution in [0.3, 0.4) is 0 Å². The molecule has 0 fully saturated rings. The summed E-state index contributed by atoms with van der Waals surface area (Å²) in [6.07, 6.45) is 2.14. The average Bonchev–Trinajstić information content (AvgIpc) is 3.05. The predicted molar refractivity (Wildman–Crippen MR) is 121 cm³/mol. The van der Waals surface area contributed by atoms with Crippen molar-refractivity contribution in [2.75, 3.05) is 6.54 Å². The van der Waals surface area contributed by atoms with Gasteiger partial charge in [-0.15, -0.1) is 0 Å². The second-order valence-electron chi connectivity index (χ2n) is 7.87. The molecule has 2 aromatic carbocycles. The normalized spacial score (nSPS) is 12.5. The minimum atomic E-state index is -0.135. The highest BCUT2D eigenvalue weighted by atomic mass is 35.5. The van der Waals surface area contributed by atoms with Crippen LogP contribution < -0.4 is 5.32 Å². The Hall–Kier alpha value is -2.04. The van der Waals surface area contributed by atoms with Gasteiger partial charge in [-0.3, -0.25) is 9.48 Å².